The number of furan rings is 1. The van der Waals surface area contributed by atoms with Crippen LogP contribution in [0.2, 0.25) is 10.0 Å². The Bertz CT molecular complexity index is 602. The lowest BCUT2D eigenvalue weighted by atomic mass is 10.0. The number of carbonyl (C=O) groups is 1. The van der Waals surface area contributed by atoms with Crippen LogP contribution < -0.4 is 0 Å². The molecule has 0 amide bonds. The van der Waals surface area contributed by atoms with Crippen molar-refractivity contribution in [2.75, 3.05) is 0 Å². The van der Waals surface area contributed by atoms with Crippen LogP contribution in [0, 0.1) is 0 Å². The second-order valence-corrected chi connectivity index (χ2v) is 4.51. The number of hydrogen-bond acceptors (Lipinski definition) is 2. The van der Waals surface area contributed by atoms with Crippen LogP contribution in [-0.4, -0.2) is 11.1 Å². The third-order valence-electron chi connectivity index (χ3n) is 2.66. The maximum Gasteiger partial charge on any atom is 0.339 e. The Balaban J connectivity index is 2.68. The molecule has 1 aromatic carbocycles. The van der Waals surface area contributed by atoms with Crippen molar-refractivity contribution in [2.45, 2.75) is 13.3 Å². The minimum Gasteiger partial charge on any atom is -0.478 e. The molecule has 94 valence electrons. The first-order valence-corrected chi connectivity index (χ1v) is 6.09. The second kappa shape index (κ2) is 5.04. The summed E-state index contributed by atoms with van der Waals surface area (Å²) in [5.41, 5.74) is 1.26. The second-order valence-electron chi connectivity index (χ2n) is 3.73. The van der Waals surface area contributed by atoms with E-state index in [2.05, 4.69) is 0 Å². The van der Waals surface area contributed by atoms with Crippen LogP contribution in [0.15, 0.2) is 28.9 Å². The van der Waals surface area contributed by atoms with Crippen molar-refractivity contribution in [1.82, 2.24) is 0 Å². The highest BCUT2D eigenvalue weighted by Gasteiger charge is 2.22. The first-order valence-electron chi connectivity index (χ1n) is 5.34. The van der Waals surface area contributed by atoms with E-state index in [9.17, 15) is 9.90 Å². The first-order chi connectivity index (χ1) is 8.56. The molecule has 5 heteroatoms. The summed E-state index contributed by atoms with van der Waals surface area (Å²) in [5, 5.41) is 9.90. The van der Waals surface area contributed by atoms with Crippen molar-refractivity contribution >= 4 is 29.2 Å². The molecule has 0 atom stereocenters. The lowest BCUT2D eigenvalue weighted by molar-refractivity contribution is 0.0696. The van der Waals surface area contributed by atoms with Gasteiger partial charge in [0.15, 0.2) is 0 Å². The number of hydrogen-bond donors (Lipinski definition) is 1. The number of halogens is 2. The Morgan fingerprint density at radius 2 is 2.11 bits per heavy atom. The Morgan fingerprint density at radius 1 is 1.39 bits per heavy atom. The number of aryl methyl sites for hydroxylation is 1. The van der Waals surface area contributed by atoms with E-state index in [0.717, 1.165) is 0 Å². The van der Waals surface area contributed by atoms with Crippen LogP contribution in [0.4, 0.5) is 0 Å². The van der Waals surface area contributed by atoms with Gasteiger partial charge in [0.05, 0.1) is 16.3 Å². The fraction of sp³-hybridized carbons (Fsp3) is 0.154. The van der Waals surface area contributed by atoms with Gasteiger partial charge < -0.3 is 9.52 Å². The van der Waals surface area contributed by atoms with Crippen molar-refractivity contribution in [3.63, 3.8) is 0 Å². The zero-order chi connectivity index (χ0) is 13.3. The number of carboxylic acids is 1. The van der Waals surface area contributed by atoms with Gasteiger partial charge in [0.25, 0.3) is 0 Å². The molecule has 0 bridgehead atoms. The molecule has 0 aliphatic carbocycles. The molecule has 2 rings (SSSR count). The van der Waals surface area contributed by atoms with E-state index in [1.807, 2.05) is 6.92 Å². The Morgan fingerprint density at radius 3 is 2.72 bits per heavy atom. The normalized spacial score (nSPS) is 10.6. The molecule has 1 N–H and O–H groups in total. The SMILES string of the molecule is CCc1coc(-c2cccc(Cl)c2Cl)c1C(=O)O. The predicted octanol–water partition coefficient (Wildman–Crippen LogP) is 4.51. The molecular weight excluding hydrogens is 275 g/mol. The van der Waals surface area contributed by atoms with E-state index in [1.165, 1.54) is 6.26 Å². The summed E-state index contributed by atoms with van der Waals surface area (Å²) in [5.74, 6) is -0.793. The topological polar surface area (TPSA) is 50.4 Å². The monoisotopic (exact) mass is 284 g/mol. The smallest absolute Gasteiger partial charge is 0.339 e. The van der Waals surface area contributed by atoms with Gasteiger partial charge in [-0.2, -0.15) is 0 Å². The average Bonchev–Trinajstić information content (AvgIpc) is 2.76. The van der Waals surface area contributed by atoms with Crippen molar-refractivity contribution in [1.29, 1.82) is 0 Å². The highest BCUT2D eigenvalue weighted by molar-refractivity contribution is 6.43. The van der Waals surface area contributed by atoms with Gasteiger partial charge in [-0.25, -0.2) is 4.79 Å². The van der Waals surface area contributed by atoms with Gasteiger partial charge in [-0.1, -0.05) is 36.2 Å². The summed E-state index contributed by atoms with van der Waals surface area (Å²) in [6.07, 6.45) is 2.01. The highest BCUT2D eigenvalue weighted by atomic mass is 35.5. The fourth-order valence-electron chi connectivity index (χ4n) is 1.77. The number of benzene rings is 1. The molecule has 0 saturated carbocycles. The molecule has 0 aliphatic rings. The number of carboxylic acid groups (broad SMARTS) is 1. The van der Waals surface area contributed by atoms with Gasteiger partial charge in [0.2, 0.25) is 0 Å². The maximum absolute atomic E-state index is 11.3. The number of aromatic carboxylic acids is 1. The van der Waals surface area contributed by atoms with E-state index >= 15 is 0 Å². The highest BCUT2D eigenvalue weighted by Crippen LogP contribution is 2.37. The van der Waals surface area contributed by atoms with Gasteiger partial charge in [0, 0.05) is 11.1 Å². The van der Waals surface area contributed by atoms with Crippen molar-refractivity contribution < 1.29 is 14.3 Å². The lowest BCUT2D eigenvalue weighted by Gasteiger charge is -2.04. The van der Waals surface area contributed by atoms with Crippen LogP contribution >= 0.6 is 23.2 Å². The quantitative estimate of drug-likeness (QED) is 0.902. The lowest BCUT2D eigenvalue weighted by Crippen LogP contribution is -2.00. The van der Waals surface area contributed by atoms with Crippen molar-refractivity contribution in [2.24, 2.45) is 0 Å². The predicted molar refractivity (Wildman–Crippen MR) is 70.5 cm³/mol. The molecular formula is C13H10Cl2O3. The van der Waals surface area contributed by atoms with Crippen molar-refractivity contribution in [3.05, 3.63) is 45.6 Å². The van der Waals surface area contributed by atoms with E-state index in [4.69, 9.17) is 27.6 Å². The zero-order valence-corrected chi connectivity index (χ0v) is 11.0. The average molecular weight is 285 g/mol. The molecule has 3 nitrogen and oxygen atoms in total. The van der Waals surface area contributed by atoms with E-state index in [-0.39, 0.29) is 11.3 Å². The molecule has 0 unspecified atom stereocenters. The third kappa shape index (κ3) is 2.11. The largest absolute Gasteiger partial charge is 0.478 e. The first kappa shape index (κ1) is 13.0. The summed E-state index contributed by atoms with van der Waals surface area (Å²) in [4.78, 5) is 11.3. The molecule has 1 heterocycles. The van der Waals surface area contributed by atoms with E-state index < -0.39 is 5.97 Å². The molecule has 18 heavy (non-hydrogen) atoms. The van der Waals surface area contributed by atoms with Gasteiger partial charge in [-0.05, 0) is 18.6 Å². The minimum atomic E-state index is -1.04. The molecule has 0 radical (unpaired) electrons. The molecule has 0 spiro atoms. The minimum absolute atomic E-state index is 0.140. The van der Waals surface area contributed by atoms with Gasteiger partial charge in [-0.15, -0.1) is 0 Å². The van der Waals surface area contributed by atoms with Gasteiger partial charge in [-0.3, -0.25) is 0 Å². The Labute approximate surface area is 114 Å². The summed E-state index contributed by atoms with van der Waals surface area (Å²) in [7, 11) is 0. The Hall–Kier alpha value is -1.45. The fourth-order valence-corrected chi connectivity index (χ4v) is 2.15. The van der Waals surface area contributed by atoms with Crippen LogP contribution in [0.1, 0.15) is 22.8 Å². The Kier molecular flexibility index (Phi) is 3.64. The van der Waals surface area contributed by atoms with E-state index in [1.54, 1.807) is 18.2 Å². The van der Waals surface area contributed by atoms with Gasteiger partial charge in [0.1, 0.15) is 11.3 Å². The van der Waals surface area contributed by atoms with Crippen LogP contribution in [0.5, 0.6) is 0 Å². The molecule has 1 aromatic heterocycles. The third-order valence-corrected chi connectivity index (χ3v) is 3.48. The van der Waals surface area contributed by atoms with Gasteiger partial charge >= 0.3 is 5.97 Å². The zero-order valence-electron chi connectivity index (χ0n) is 9.54. The standard InChI is InChI=1S/C13H10Cl2O3/c1-2-7-6-18-12(10(7)13(16)17)8-4-3-5-9(14)11(8)15/h3-6H,2H2,1H3,(H,16,17). The van der Waals surface area contributed by atoms with Crippen molar-refractivity contribution in [3.8, 4) is 11.3 Å². The molecule has 0 fully saturated rings. The number of rotatable bonds is 3. The summed E-state index contributed by atoms with van der Waals surface area (Å²) < 4.78 is 5.35. The molecule has 0 aliphatic heterocycles. The van der Waals surface area contributed by atoms with E-state index in [0.29, 0.717) is 27.6 Å². The van der Waals surface area contributed by atoms with Crippen LogP contribution in [-0.2, 0) is 6.42 Å². The maximum atomic E-state index is 11.3. The summed E-state index contributed by atoms with van der Waals surface area (Å²) in [6, 6.07) is 5.01. The molecule has 0 saturated heterocycles. The summed E-state index contributed by atoms with van der Waals surface area (Å²) in [6.45, 7) is 1.86. The molecule has 2 aromatic rings. The summed E-state index contributed by atoms with van der Waals surface area (Å²) >= 11 is 12.0. The van der Waals surface area contributed by atoms with Crippen LogP contribution in [0.25, 0.3) is 11.3 Å². The van der Waals surface area contributed by atoms with Crippen LogP contribution in [0.3, 0.4) is 0 Å².